The Morgan fingerprint density at radius 2 is 1.86 bits per heavy atom. The average molecular weight is 294 g/mol. The van der Waals surface area contributed by atoms with Crippen molar-refractivity contribution in [2.75, 3.05) is 11.4 Å². The summed E-state index contributed by atoms with van der Waals surface area (Å²) in [6.45, 7) is 2.96. The second-order valence-electron chi connectivity index (χ2n) is 6.16. The molecule has 1 heterocycles. The number of carbonyl (C=O) groups excluding carboxylic acids is 1. The number of nitrogens with zero attached hydrogens (tertiary/aromatic N) is 1. The number of anilines is 1. The molecule has 0 saturated heterocycles. The summed E-state index contributed by atoms with van der Waals surface area (Å²) in [6.07, 6.45) is 1.37. The van der Waals surface area contributed by atoms with E-state index in [9.17, 15) is 4.79 Å². The first-order chi connectivity index (χ1) is 10.6. The topological polar surface area (TPSA) is 46.3 Å². The number of benzene rings is 2. The highest BCUT2D eigenvalue weighted by molar-refractivity contribution is 5.95. The van der Waals surface area contributed by atoms with Gasteiger partial charge in [0.2, 0.25) is 5.91 Å². The van der Waals surface area contributed by atoms with Gasteiger partial charge in [0.1, 0.15) is 0 Å². The molecule has 3 rings (SSSR count). The molecule has 2 atom stereocenters. The minimum absolute atomic E-state index is 0.107. The number of carbonyl (C=O) groups is 1. The SMILES string of the molecule is CC1Cc2ccccc2N(C(=O)CC(N)c2ccccc2)C1. The van der Waals surface area contributed by atoms with Gasteiger partial charge < -0.3 is 10.6 Å². The van der Waals surface area contributed by atoms with Crippen LogP contribution in [0.1, 0.15) is 30.5 Å². The molecule has 3 nitrogen and oxygen atoms in total. The molecule has 0 bridgehead atoms. The Kier molecular flexibility index (Phi) is 4.25. The Balaban J connectivity index is 1.78. The third-order valence-corrected chi connectivity index (χ3v) is 4.27. The summed E-state index contributed by atoms with van der Waals surface area (Å²) < 4.78 is 0. The normalized spacial score (nSPS) is 18.6. The Morgan fingerprint density at radius 3 is 2.64 bits per heavy atom. The molecule has 22 heavy (non-hydrogen) atoms. The minimum atomic E-state index is -0.252. The number of hydrogen-bond acceptors (Lipinski definition) is 2. The summed E-state index contributed by atoms with van der Waals surface area (Å²) in [6, 6.07) is 17.8. The van der Waals surface area contributed by atoms with E-state index in [-0.39, 0.29) is 11.9 Å². The lowest BCUT2D eigenvalue weighted by atomic mass is 9.93. The van der Waals surface area contributed by atoms with Gasteiger partial charge in [-0.15, -0.1) is 0 Å². The van der Waals surface area contributed by atoms with Crippen molar-refractivity contribution in [1.82, 2.24) is 0 Å². The van der Waals surface area contributed by atoms with Gasteiger partial charge in [-0.1, -0.05) is 55.5 Å². The second-order valence-corrected chi connectivity index (χ2v) is 6.16. The van der Waals surface area contributed by atoms with Crippen LogP contribution in [0.15, 0.2) is 54.6 Å². The maximum absolute atomic E-state index is 12.7. The van der Waals surface area contributed by atoms with E-state index in [0.717, 1.165) is 24.2 Å². The van der Waals surface area contributed by atoms with Crippen LogP contribution in [-0.4, -0.2) is 12.5 Å². The highest BCUT2D eigenvalue weighted by Crippen LogP contribution is 2.30. The predicted octanol–water partition coefficient (Wildman–Crippen LogP) is 3.30. The first-order valence-electron chi connectivity index (χ1n) is 7.84. The van der Waals surface area contributed by atoms with Crippen molar-refractivity contribution >= 4 is 11.6 Å². The van der Waals surface area contributed by atoms with Crippen LogP contribution in [-0.2, 0) is 11.2 Å². The van der Waals surface area contributed by atoms with Crippen LogP contribution in [0.25, 0.3) is 0 Å². The van der Waals surface area contributed by atoms with E-state index in [0.29, 0.717) is 12.3 Å². The van der Waals surface area contributed by atoms with E-state index in [2.05, 4.69) is 13.0 Å². The second kappa shape index (κ2) is 6.32. The van der Waals surface area contributed by atoms with E-state index in [4.69, 9.17) is 5.73 Å². The first-order valence-corrected chi connectivity index (χ1v) is 7.84. The summed E-state index contributed by atoms with van der Waals surface area (Å²) in [7, 11) is 0. The quantitative estimate of drug-likeness (QED) is 0.944. The third kappa shape index (κ3) is 3.04. The molecule has 2 N–H and O–H groups in total. The summed E-state index contributed by atoms with van der Waals surface area (Å²) in [5.74, 6) is 0.585. The molecule has 0 fully saturated rings. The molecule has 0 aliphatic carbocycles. The third-order valence-electron chi connectivity index (χ3n) is 4.27. The van der Waals surface area contributed by atoms with Crippen molar-refractivity contribution in [1.29, 1.82) is 0 Å². The van der Waals surface area contributed by atoms with Gasteiger partial charge in [-0.2, -0.15) is 0 Å². The van der Waals surface area contributed by atoms with E-state index >= 15 is 0 Å². The van der Waals surface area contributed by atoms with E-state index < -0.39 is 0 Å². The maximum Gasteiger partial charge on any atom is 0.228 e. The number of hydrogen-bond donors (Lipinski definition) is 1. The molecule has 0 spiro atoms. The fourth-order valence-corrected chi connectivity index (χ4v) is 3.15. The fourth-order valence-electron chi connectivity index (χ4n) is 3.15. The molecule has 1 aliphatic heterocycles. The number of fused-ring (bicyclic) bond motifs is 1. The lowest BCUT2D eigenvalue weighted by Gasteiger charge is -2.33. The fraction of sp³-hybridized carbons (Fsp3) is 0.316. The molecular formula is C19H22N2O. The molecule has 1 aliphatic rings. The van der Waals surface area contributed by atoms with Crippen molar-refractivity contribution in [2.45, 2.75) is 25.8 Å². The highest BCUT2D eigenvalue weighted by atomic mass is 16.2. The van der Waals surface area contributed by atoms with Gasteiger partial charge in [-0.3, -0.25) is 4.79 Å². The minimum Gasteiger partial charge on any atom is -0.324 e. The van der Waals surface area contributed by atoms with E-state index in [1.165, 1.54) is 5.56 Å². The van der Waals surface area contributed by atoms with Gasteiger partial charge in [0, 0.05) is 24.7 Å². The summed E-state index contributed by atoms with van der Waals surface area (Å²) >= 11 is 0. The summed E-state index contributed by atoms with van der Waals surface area (Å²) in [5, 5.41) is 0. The number of rotatable bonds is 3. The molecular weight excluding hydrogens is 272 g/mol. The smallest absolute Gasteiger partial charge is 0.228 e. The van der Waals surface area contributed by atoms with Crippen molar-refractivity contribution in [3.8, 4) is 0 Å². The zero-order chi connectivity index (χ0) is 15.5. The lowest BCUT2D eigenvalue weighted by Crippen LogP contribution is -2.40. The molecule has 114 valence electrons. The molecule has 2 aromatic carbocycles. The summed E-state index contributed by atoms with van der Waals surface area (Å²) in [5.41, 5.74) is 9.52. The van der Waals surface area contributed by atoms with Gasteiger partial charge in [-0.05, 0) is 29.5 Å². The maximum atomic E-state index is 12.7. The van der Waals surface area contributed by atoms with Gasteiger partial charge in [0.15, 0.2) is 0 Å². The molecule has 0 aromatic heterocycles. The molecule has 3 heteroatoms. The number of amides is 1. The summed E-state index contributed by atoms with van der Waals surface area (Å²) in [4.78, 5) is 14.6. The van der Waals surface area contributed by atoms with Crippen LogP contribution in [0.3, 0.4) is 0 Å². The van der Waals surface area contributed by atoms with Crippen LogP contribution >= 0.6 is 0 Å². The Labute approximate surface area is 131 Å². The van der Waals surface area contributed by atoms with Crippen LogP contribution < -0.4 is 10.6 Å². The molecule has 2 unspecified atom stereocenters. The van der Waals surface area contributed by atoms with Gasteiger partial charge in [0.25, 0.3) is 0 Å². The molecule has 0 radical (unpaired) electrons. The Hall–Kier alpha value is -2.13. The van der Waals surface area contributed by atoms with Gasteiger partial charge >= 0.3 is 0 Å². The van der Waals surface area contributed by atoms with Crippen LogP contribution in [0.5, 0.6) is 0 Å². The van der Waals surface area contributed by atoms with Crippen LogP contribution in [0.2, 0.25) is 0 Å². The predicted molar refractivity (Wildman–Crippen MR) is 89.7 cm³/mol. The van der Waals surface area contributed by atoms with Crippen molar-refractivity contribution in [2.24, 2.45) is 11.7 Å². The largest absolute Gasteiger partial charge is 0.324 e. The number of nitrogens with two attached hydrogens (primary N) is 1. The monoisotopic (exact) mass is 294 g/mol. The Bertz CT molecular complexity index is 653. The van der Waals surface area contributed by atoms with E-state index in [1.807, 2.05) is 53.4 Å². The number of para-hydroxylation sites is 1. The average Bonchev–Trinajstić information content (AvgIpc) is 2.54. The first kappa shape index (κ1) is 14.8. The zero-order valence-electron chi connectivity index (χ0n) is 12.9. The van der Waals surface area contributed by atoms with Gasteiger partial charge in [0.05, 0.1) is 0 Å². The van der Waals surface area contributed by atoms with Crippen LogP contribution in [0.4, 0.5) is 5.69 Å². The van der Waals surface area contributed by atoms with Crippen molar-refractivity contribution in [3.63, 3.8) is 0 Å². The van der Waals surface area contributed by atoms with Crippen molar-refractivity contribution in [3.05, 3.63) is 65.7 Å². The standard InChI is InChI=1S/C19H22N2O/c1-14-11-16-9-5-6-10-18(16)21(13-14)19(22)12-17(20)15-7-3-2-4-8-15/h2-10,14,17H,11-13,20H2,1H3. The highest BCUT2D eigenvalue weighted by Gasteiger charge is 2.27. The molecule has 2 aromatic rings. The molecule has 1 amide bonds. The Morgan fingerprint density at radius 1 is 1.18 bits per heavy atom. The zero-order valence-corrected chi connectivity index (χ0v) is 12.9. The lowest BCUT2D eigenvalue weighted by molar-refractivity contribution is -0.119. The van der Waals surface area contributed by atoms with Crippen LogP contribution in [0, 0.1) is 5.92 Å². The van der Waals surface area contributed by atoms with Gasteiger partial charge in [-0.25, -0.2) is 0 Å². The molecule has 0 saturated carbocycles. The van der Waals surface area contributed by atoms with Crippen molar-refractivity contribution < 1.29 is 4.79 Å². The van der Waals surface area contributed by atoms with E-state index in [1.54, 1.807) is 0 Å².